The number of aliphatic carboxylic acids is 1. The van der Waals surface area contributed by atoms with Gasteiger partial charge < -0.3 is 10.0 Å². The third kappa shape index (κ3) is 3.26. The molecule has 1 saturated carbocycles. The molecule has 112 valence electrons. The summed E-state index contributed by atoms with van der Waals surface area (Å²) in [4.78, 5) is 12.9. The van der Waals surface area contributed by atoms with Gasteiger partial charge in [0.1, 0.15) is 0 Å². The zero-order chi connectivity index (χ0) is 14.9. The Labute approximate surface area is 123 Å². The fourth-order valence-corrected chi connectivity index (χ4v) is 3.05. The van der Waals surface area contributed by atoms with Crippen molar-refractivity contribution in [1.82, 2.24) is 14.8 Å². The standard InChI is InChI=1S/C13H22N4O2S/c1-8(2)17-12(16(4)9(3)10-5-6-10)14-15-13(17)20-7-11(18)19/h8-10H,5-7H2,1-4H3,(H,18,19). The minimum absolute atomic E-state index is 0.00669. The molecule has 1 N–H and O–H groups in total. The molecule has 0 aliphatic heterocycles. The monoisotopic (exact) mass is 298 g/mol. The fourth-order valence-electron chi connectivity index (χ4n) is 2.26. The van der Waals surface area contributed by atoms with Crippen LogP contribution in [0.3, 0.4) is 0 Å². The third-order valence-corrected chi connectivity index (χ3v) is 4.65. The first-order chi connectivity index (χ1) is 9.41. The van der Waals surface area contributed by atoms with Crippen molar-refractivity contribution in [2.75, 3.05) is 17.7 Å². The normalized spacial score (nSPS) is 16.4. The summed E-state index contributed by atoms with van der Waals surface area (Å²) in [6.45, 7) is 6.34. The third-order valence-electron chi connectivity index (χ3n) is 3.72. The van der Waals surface area contributed by atoms with Crippen molar-refractivity contribution in [2.45, 2.75) is 50.9 Å². The molecule has 20 heavy (non-hydrogen) atoms. The van der Waals surface area contributed by atoms with Gasteiger partial charge in [-0.2, -0.15) is 0 Å². The van der Waals surface area contributed by atoms with Crippen molar-refractivity contribution in [3.8, 4) is 0 Å². The van der Waals surface area contributed by atoms with Crippen LogP contribution >= 0.6 is 11.8 Å². The number of anilines is 1. The molecule has 1 aromatic rings. The van der Waals surface area contributed by atoms with E-state index in [0.717, 1.165) is 11.9 Å². The molecular formula is C13H22N4O2S. The maximum absolute atomic E-state index is 10.7. The molecule has 0 aromatic carbocycles. The second kappa shape index (κ2) is 6.03. The predicted octanol–water partition coefficient (Wildman–Crippen LogP) is 2.27. The number of aromatic nitrogens is 3. The van der Waals surface area contributed by atoms with E-state index in [-0.39, 0.29) is 11.8 Å². The van der Waals surface area contributed by atoms with E-state index in [1.807, 2.05) is 11.6 Å². The smallest absolute Gasteiger partial charge is 0.313 e. The maximum Gasteiger partial charge on any atom is 0.313 e. The van der Waals surface area contributed by atoms with E-state index < -0.39 is 5.97 Å². The lowest BCUT2D eigenvalue weighted by atomic mass is 10.2. The Bertz CT molecular complexity index is 485. The van der Waals surface area contributed by atoms with Gasteiger partial charge >= 0.3 is 5.97 Å². The van der Waals surface area contributed by atoms with Gasteiger partial charge in [0, 0.05) is 19.1 Å². The summed E-state index contributed by atoms with van der Waals surface area (Å²) in [5.74, 6) is 0.738. The van der Waals surface area contributed by atoms with Gasteiger partial charge in [0.25, 0.3) is 0 Å². The summed E-state index contributed by atoms with van der Waals surface area (Å²) in [7, 11) is 2.04. The van der Waals surface area contributed by atoms with Crippen LogP contribution in [0.15, 0.2) is 5.16 Å². The Balaban J connectivity index is 2.21. The summed E-state index contributed by atoms with van der Waals surface area (Å²) < 4.78 is 2.02. The summed E-state index contributed by atoms with van der Waals surface area (Å²) in [6, 6.07) is 0.638. The van der Waals surface area contributed by atoms with Crippen LogP contribution in [0, 0.1) is 5.92 Å². The Morgan fingerprint density at radius 3 is 2.60 bits per heavy atom. The molecular weight excluding hydrogens is 276 g/mol. The van der Waals surface area contributed by atoms with Crippen LogP contribution in [-0.4, -0.2) is 44.7 Å². The van der Waals surface area contributed by atoms with E-state index in [2.05, 4.69) is 35.9 Å². The highest BCUT2D eigenvalue weighted by molar-refractivity contribution is 7.99. The number of thioether (sulfide) groups is 1. The first-order valence-electron chi connectivity index (χ1n) is 6.94. The van der Waals surface area contributed by atoms with Crippen molar-refractivity contribution in [3.63, 3.8) is 0 Å². The number of carboxylic acids is 1. The Hall–Kier alpha value is -1.24. The van der Waals surface area contributed by atoms with Crippen LogP contribution in [0.4, 0.5) is 5.95 Å². The highest BCUT2D eigenvalue weighted by Crippen LogP contribution is 2.37. The first kappa shape index (κ1) is 15.2. The fraction of sp³-hybridized carbons (Fsp3) is 0.769. The largest absolute Gasteiger partial charge is 0.481 e. The van der Waals surface area contributed by atoms with Crippen LogP contribution in [0.25, 0.3) is 0 Å². The number of nitrogens with zero attached hydrogens (tertiary/aromatic N) is 4. The molecule has 0 spiro atoms. The van der Waals surface area contributed by atoms with E-state index in [0.29, 0.717) is 11.2 Å². The summed E-state index contributed by atoms with van der Waals surface area (Å²) in [5, 5.41) is 17.9. The zero-order valence-electron chi connectivity index (χ0n) is 12.4. The van der Waals surface area contributed by atoms with Gasteiger partial charge in [-0.05, 0) is 39.5 Å². The Morgan fingerprint density at radius 1 is 1.45 bits per heavy atom. The molecule has 0 saturated heterocycles. The minimum Gasteiger partial charge on any atom is -0.481 e. The molecule has 1 heterocycles. The van der Waals surface area contributed by atoms with Crippen LogP contribution in [0.5, 0.6) is 0 Å². The SMILES string of the molecule is CC(C1CC1)N(C)c1nnc(SCC(=O)O)n1C(C)C. The van der Waals surface area contributed by atoms with Gasteiger partial charge in [-0.3, -0.25) is 9.36 Å². The number of hydrogen-bond donors (Lipinski definition) is 1. The second-order valence-corrected chi connectivity index (χ2v) is 6.56. The highest BCUT2D eigenvalue weighted by Gasteiger charge is 2.33. The van der Waals surface area contributed by atoms with E-state index in [1.165, 1.54) is 24.6 Å². The van der Waals surface area contributed by atoms with Gasteiger partial charge in [0.15, 0.2) is 5.16 Å². The maximum atomic E-state index is 10.7. The van der Waals surface area contributed by atoms with Crippen molar-refractivity contribution < 1.29 is 9.90 Å². The Kier molecular flexibility index (Phi) is 4.57. The molecule has 1 aromatic heterocycles. The molecule has 1 aliphatic carbocycles. The summed E-state index contributed by atoms with van der Waals surface area (Å²) >= 11 is 1.22. The van der Waals surface area contributed by atoms with Gasteiger partial charge in [0.05, 0.1) is 5.75 Å². The van der Waals surface area contributed by atoms with Crippen molar-refractivity contribution in [3.05, 3.63) is 0 Å². The van der Waals surface area contributed by atoms with Crippen molar-refractivity contribution >= 4 is 23.7 Å². The molecule has 7 heteroatoms. The molecule has 1 unspecified atom stereocenters. The first-order valence-corrected chi connectivity index (χ1v) is 7.92. The van der Waals surface area contributed by atoms with Crippen molar-refractivity contribution in [2.24, 2.45) is 5.92 Å². The lowest BCUT2D eigenvalue weighted by Gasteiger charge is -2.27. The number of carbonyl (C=O) groups is 1. The molecule has 1 atom stereocenters. The lowest BCUT2D eigenvalue weighted by molar-refractivity contribution is -0.133. The van der Waals surface area contributed by atoms with E-state index in [1.54, 1.807) is 0 Å². The van der Waals surface area contributed by atoms with Crippen LogP contribution in [-0.2, 0) is 4.79 Å². The average Bonchev–Trinajstić information content (AvgIpc) is 3.13. The summed E-state index contributed by atoms with van der Waals surface area (Å²) in [5.41, 5.74) is 0. The topological polar surface area (TPSA) is 71.2 Å². The summed E-state index contributed by atoms with van der Waals surface area (Å²) in [6.07, 6.45) is 2.56. The van der Waals surface area contributed by atoms with Crippen molar-refractivity contribution in [1.29, 1.82) is 0 Å². The molecule has 2 rings (SSSR count). The molecule has 0 bridgehead atoms. The number of rotatable bonds is 7. The van der Waals surface area contributed by atoms with Crippen LogP contribution in [0.2, 0.25) is 0 Å². The second-order valence-electron chi connectivity index (χ2n) is 5.62. The highest BCUT2D eigenvalue weighted by atomic mass is 32.2. The predicted molar refractivity (Wildman–Crippen MR) is 79.4 cm³/mol. The van der Waals surface area contributed by atoms with Gasteiger partial charge in [0.2, 0.25) is 5.95 Å². The van der Waals surface area contributed by atoms with E-state index >= 15 is 0 Å². The Morgan fingerprint density at radius 2 is 2.10 bits per heavy atom. The molecule has 0 amide bonds. The molecule has 1 aliphatic rings. The number of carboxylic acid groups (broad SMARTS) is 1. The van der Waals surface area contributed by atoms with E-state index in [9.17, 15) is 4.79 Å². The van der Waals surface area contributed by atoms with Gasteiger partial charge in [-0.25, -0.2) is 0 Å². The van der Waals surface area contributed by atoms with E-state index in [4.69, 9.17) is 5.11 Å². The molecule has 0 radical (unpaired) electrons. The van der Waals surface area contributed by atoms with Crippen LogP contribution < -0.4 is 4.90 Å². The molecule has 6 nitrogen and oxygen atoms in total. The molecule has 1 fully saturated rings. The van der Waals surface area contributed by atoms with Gasteiger partial charge in [-0.1, -0.05) is 11.8 Å². The number of hydrogen-bond acceptors (Lipinski definition) is 5. The zero-order valence-corrected chi connectivity index (χ0v) is 13.2. The minimum atomic E-state index is -0.838. The average molecular weight is 298 g/mol. The van der Waals surface area contributed by atoms with Crippen LogP contribution in [0.1, 0.15) is 39.7 Å². The lowest BCUT2D eigenvalue weighted by Crippen LogP contribution is -2.33. The van der Waals surface area contributed by atoms with Gasteiger partial charge in [-0.15, -0.1) is 10.2 Å². The quantitative estimate of drug-likeness (QED) is 0.779.